The minimum Gasteiger partial charge on any atom is -0.381 e. The molecule has 3 rings (SSSR count). The molecule has 0 N–H and O–H groups in total. The summed E-state index contributed by atoms with van der Waals surface area (Å²) in [6.45, 7) is 5.77. The van der Waals surface area contributed by atoms with Crippen LogP contribution in [0.1, 0.15) is 38.2 Å². The van der Waals surface area contributed by atoms with Crippen molar-refractivity contribution in [1.29, 1.82) is 0 Å². The van der Waals surface area contributed by atoms with Crippen LogP contribution in [0.15, 0.2) is 24.3 Å². The van der Waals surface area contributed by atoms with E-state index in [1.54, 1.807) is 0 Å². The first-order valence-electron chi connectivity index (χ1n) is 9.47. The maximum absolute atomic E-state index is 12.9. The van der Waals surface area contributed by atoms with Gasteiger partial charge in [-0.1, -0.05) is 25.1 Å². The van der Waals surface area contributed by atoms with Gasteiger partial charge >= 0.3 is 0 Å². The van der Waals surface area contributed by atoms with Crippen LogP contribution in [0.3, 0.4) is 0 Å². The maximum atomic E-state index is 12.9. The summed E-state index contributed by atoms with van der Waals surface area (Å²) in [7, 11) is 2.11. The van der Waals surface area contributed by atoms with Crippen molar-refractivity contribution in [3.8, 4) is 0 Å². The average Bonchev–Trinajstić information content (AvgIpc) is 2.79. The molecule has 1 fully saturated rings. The molecule has 1 unspecified atom stereocenters. The van der Waals surface area contributed by atoms with Crippen LogP contribution in [0, 0.1) is 0 Å². The molecule has 1 atom stereocenters. The largest absolute Gasteiger partial charge is 0.381 e. The fraction of sp³-hybridized carbons (Fsp3) is 0.650. The van der Waals surface area contributed by atoms with Gasteiger partial charge in [0.25, 0.3) is 0 Å². The average molecular weight is 346 g/mol. The predicted molar refractivity (Wildman–Crippen MR) is 98.8 cm³/mol. The molecule has 5 heteroatoms. The Morgan fingerprint density at radius 2 is 2.04 bits per heavy atom. The van der Waals surface area contributed by atoms with Gasteiger partial charge in [0.05, 0.1) is 19.1 Å². The zero-order valence-electron chi connectivity index (χ0n) is 15.4. The number of likely N-dealkylation sites (N-methyl/N-ethyl adjacent to an activating group) is 1. The van der Waals surface area contributed by atoms with E-state index in [9.17, 15) is 4.79 Å². The first-order valence-corrected chi connectivity index (χ1v) is 9.47. The number of fused-ring (bicyclic) bond motifs is 1. The third kappa shape index (κ3) is 4.53. The Hall–Kier alpha value is -1.59. The molecule has 1 aromatic rings. The minimum absolute atomic E-state index is 0.198. The lowest BCUT2D eigenvalue weighted by Crippen LogP contribution is -2.43. The second kappa shape index (κ2) is 8.68. The Morgan fingerprint density at radius 1 is 1.28 bits per heavy atom. The number of benzene rings is 1. The van der Waals surface area contributed by atoms with Gasteiger partial charge in [-0.2, -0.15) is 0 Å². The number of ether oxygens (including phenoxy) is 2. The van der Waals surface area contributed by atoms with Gasteiger partial charge in [-0.3, -0.25) is 4.79 Å². The van der Waals surface area contributed by atoms with Crippen LogP contribution in [-0.2, 0) is 20.8 Å². The van der Waals surface area contributed by atoms with Crippen molar-refractivity contribution >= 4 is 11.6 Å². The van der Waals surface area contributed by atoms with E-state index < -0.39 is 0 Å². The van der Waals surface area contributed by atoms with Crippen molar-refractivity contribution in [2.24, 2.45) is 0 Å². The second-order valence-corrected chi connectivity index (χ2v) is 7.03. The number of carbonyl (C=O) groups excluding carboxylic acids is 1. The van der Waals surface area contributed by atoms with E-state index in [2.05, 4.69) is 48.0 Å². The highest BCUT2D eigenvalue weighted by Crippen LogP contribution is 2.27. The normalized spacial score (nSPS) is 21.8. The first kappa shape index (κ1) is 18.2. The second-order valence-electron chi connectivity index (χ2n) is 7.03. The third-order valence-electron chi connectivity index (χ3n) is 5.30. The SMILES string of the molecule is CCC1CN(C)c2ccccc2CN1C(=O)CCOC1CCOCC1. The number of nitrogens with zero attached hydrogens (tertiary/aromatic N) is 2. The molecule has 1 amide bonds. The molecule has 138 valence electrons. The topological polar surface area (TPSA) is 42.0 Å². The molecule has 0 aliphatic carbocycles. The van der Waals surface area contributed by atoms with Crippen LogP contribution in [0.2, 0.25) is 0 Å². The molecule has 0 saturated carbocycles. The van der Waals surface area contributed by atoms with E-state index in [-0.39, 0.29) is 18.1 Å². The molecular formula is C20H30N2O3. The van der Waals surface area contributed by atoms with E-state index >= 15 is 0 Å². The first-order chi connectivity index (χ1) is 12.2. The summed E-state index contributed by atoms with van der Waals surface area (Å²) in [5.74, 6) is 0.198. The molecule has 0 radical (unpaired) electrons. The van der Waals surface area contributed by atoms with Crippen LogP contribution >= 0.6 is 0 Å². The van der Waals surface area contributed by atoms with Crippen molar-refractivity contribution in [1.82, 2.24) is 4.90 Å². The van der Waals surface area contributed by atoms with E-state index in [4.69, 9.17) is 9.47 Å². The predicted octanol–water partition coefficient (Wildman–Crippen LogP) is 2.83. The lowest BCUT2D eigenvalue weighted by atomic mass is 10.1. The Balaban J connectivity index is 1.61. The van der Waals surface area contributed by atoms with Crippen molar-refractivity contribution in [3.63, 3.8) is 0 Å². The zero-order chi connectivity index (χ0) is 17.6. The quantitative estimate of drug-likeness (QED) is 0.822. The van der Waals surface area contributed by atoms with Crippen molar-refractivity contribution in [3.05, 3.63) is 29.8 Å². The standard InChI is InChI=1S/C20H30N2O3/c1-3-17-15-21(2)19-7-5-4-6-16(19)14-22(17)20(23)10-13-25-18-8-11-24-12-9-18/h4-7,17-18H,3,8-15H2,1-2H3. The van der Waals surface area contributed by atoms with Gasteiger partial charge in [-0.15, -0.1) is 0 Å². The molecule has 0 bridgehead atoms. The molecular weight excluding hydrogens is 316 g/mol. The minimum atomic E-state index is 0.198. The zero-order valence-corrected chi connectivity index (χ0v) is 15.4. The van der Waals surface area contributed by atoms with E-state index in [1.807, 2.05) is 0 Å². The smallest absolute Gasteiger partial charge is 0.225 e. The highest BCUT2D eigenvalue weighted by Gasteiger charge is 2.28. The van der Waals surface area contributed by atoms with E-state index in [0.717, 1.165) is 39.0 Å². The van der Waals surface area contributed by atoms with Gasteiger partial charge in [-0.25, -0.2) is 0 Å². The summed E-state index contributed by atoms with van der Waals surface area (Å²) in [4.78, 5) is 17.2. The van der Waals surface area contributed by atoms with Crippen molar-refractivity contribution < 1.29 is 14.3 Å². The van der Waals surface area contributed by atoms with E-state index in [1.165, 1.54) is 11.3 Å². The molecule has 5 nitrogen and oxygen atoms in total. The maximum Gasteiger partial charge on any atom is 0.225 e. The number of amides is 1. The van der Waals surface area contributed by atoms with E-state index in [0.29, 0.717) is 19.6 Å². The van der Waals surface area contributed by atoms with Gasteiger partial charge in [0.2, 0.25) is 5.91 Å². The van der Waals surface area contributed by atoms with Crippen molar-refractivity contribution in [2.75, 3.05) is 38.3 Å². The summed E-state index contributed by atoms with van der Waals surface area (Å²) in [6.07, 6.45) is 3.55. The van der Waals surface area contributed by atoms with Crippen LogP contribution in [0.5, 0.6) is 0 Å². The summed E-state index contributed by atoms with van der Waals surface area (Å²) in [5.41, 5.74) is 2.45. The number of hydrogen-bond donors (Lipinski definition) is 0. The lowest BCUT2D eigenvalue weighted by molar-refractivity contribution is -0.136. The Bertz CT molecular complexity index is 572. The number of anilines is 1. The molecule has 1 saturated heterocycles. The number of rotatable bonds is 5. The van der Waals surface area contributed by atoms with Gasteiger partial charge < -0.3 is 19.3 Å². The van der Waals surface area contributed by atoms with Gasteiger partial charge in [0, 0.05) is 45.1 Å². The van der Waals surface area contributed by atoms with Crippen LogP contribution in [-0.4, -0.2) is 56.4 Å². The summed E-state index contributed by atoms with van der Waals surface area (Å²) >= 11 is 0. The summed E-state index contributed by atoms with van der Waals surface area (Å²) < 4.78 is 11.2. The molecule has 2 aliphatic heterocycles. The molecule has 0 aromatic heterocycles. The fourth-order valence-electron chi connectivity index (χ4n) is 3.78. The Labute approximate surface area is 150 Å². The molecule has 0 spiro atoms. The number of carbonyl (C=O) groups is 1. The van der Waals surface area contributed by atoms with Crippen LogP contribution in [0.25, 0.3) is 0 Å². The molecule has 25 heavy (non-hydrogen) atoms. The fourth-order valence-corrected chi connectivity index (χ4v) is 3.78. The molecule has 2 heterocycles. The van der Waals surface area contributed by atoms with Crippen LogP contribution in [0.4, 0.5) is 5.69 Å². The van der Waals surface area contributed by atoms with Gasteiger partial charge in [-0.05, 0) is 30.9 Å². The summed E-state index contributed by atoms with van der Waals surface area (Å²) in [5, 5.41) is 0. The Kier molecular flexibility index (Phi) is 6.32. The highest BCUT2D eigenvalue weighted by molar-refractivity contribution is 5.77. The van der Waals surface area contributed by atoms with Crippen molar-refractivity contribution in [2.45, 2.75) is 51.3 Å². The lowest BCUT2D eigenvalue weighted by Gasteiger charge is -2.31. The Morgan fingerprint density at radius 3 is 2.80 bits per heavy atom. The van der Waals surface area contributed by atoms with Gasteiger partial charge in [0.1, 0.15) is 0 Å². The monoisotopic (exact) mass is 346 g/mol. The third-order valence-corrected chi connectivity index (χ3v) is 5.30. The number of para-hydroxylation sites is 1. The summed E-state index contributed by atoms with van der Waals surface area (Å²) in [6, 6.07) is 8.63. The number of hydrogen-bond acceptors (Lipinski definition) is 4. The molecule has 1 aromatic carbocycles. The van der Waals surface area contributed by atoms with Crippen LogP contribution < -0.4 is 4.90 Å². The van der Waals surface area contributed by atoms with Gasteiger partial charge in [0.15, 0.2) is 0 Å². The highest BCUT2D eigenvalue weighted by atomic mass is 16.5. The molecule has 2 aliphatic rings.